The lowest BCUT2D eigenvalue weighted by molar-refractivity contribution is -0.116. The summed E-state index contributed by atoms with van der Waals surface area (Å²) < 4.78 is 45.8. The summed E-state index contributed by atoms with van der Waals surface area (Å²) in [5.74, 6) is -0.312. The van der Waals surface area contributed by atoms with Crippen molar-refractivity contribution < 1.29 is 22.3 Å². The Morgan fingerprint density at radius 2 is 1.80 bits per heavy atom. The van der Waals surface area contributed by atoms with Gasteiger partial charge in [0.25, 0.3) is 0 Å². The van der Waals surface area contributed by atoms with Gasteiger partial charge in [-0.1, -0.05) is 11.6 Å². The molecular weight excluding hydrogens is 433 g/mol. The molecule has 0 unspecified atom stereocenters. The minimum absolute atomic E-state index is 0.0832. The number of hydrogen-bond acceptors (Lipinski definition) is 5. The normalized spacial score (nSPS) is 15.7. The van der Waals surface area contributed by atoms with Gasteiger partial charge in [-0.3, -0.25) is 4.79 Å². The molecule has 1 aliphatic heterocycles. The standard InChI is InChI=1S/C20H23ClFN3O4S/c1-29-16-3-5-17(6-4-16)30(27,28)25-12-10-24(11-13-25)9-8-20(26)23-19-7-2-15(21)14-18(19)22/h2-7,14H,8-13H2,1H3,(H,23,26). The van der Waals surface area contributed by atoms with E-state index >= 15 is 0 Å². The summed E-state index contributed by atoms with van der Waals surface area (Å²) in [7, 11) is -2.05. The van der Waals surface area contributed by atoms with Crippen molar-refractivity contribution >= 4 is 33.2 Å². The van der Waals surface area contributed by atoms with Gasteiger partial charge in [-0.25, -0.2) is 12.8 Å². The minimum Gasteiger partial charge on any atom is -0.497 e. The second-order valence-corrected chi connectivity index (χ2v) is 9.22. The molecule has 1 saturated heterocycles. The number of nitrogens with one attached hydrogen (secondary N) is 1. The van der Waals surface area contributed by atoms with Crippen molar-refractivity contribution in [1.82, 2.24) is 9.21 Å². The molecule has 0 aromatic heterocycles. The van der Waals surface area contributed by atoms with Gasteiger partial charge in [0.05, 0.1) is 17.7 Å². The number of amides is 1. The number of nitrogens with zero attached hydrogens (tertiary/aromatic N) is 2. The lowest BCUT2D eigenvalue weighted by Gasteiger charge is -2.33. The van der Waals surface area contributed by atoms with Crippen molar-refractivity contribution in [3.8, 4) is 5.75 Å². The van der Waals surface area contributed by atoms with Crippen molar-refractivity contribution in [1.29, 1.82) is 0 Å². The number of halogens is 2. The molecule has 2 aromatic rings. The number of sulfonamides is 1. The van der Waals surface area contributed by atoms with Crippen LogP contribution in [0.4, 0.5) is 10.1 Å². The third kappa shape index (κ3) is 5.48. The van der Waals surface area contributed by atoms with E-state index in [1.807, 2.05) is 4.90 Å². The Kier molecular flexibility index (Phi) is 7.30. The van der Waals surface area contributed by atoms with E-state index in [4.69, 9.17) is 16.3 Å². The van der Waals surface area contributed by atoms with Crippen molar-refractivity contribution in [3.63, 3.8) is 0 Å². The highest BCUT2D eigenvalue weighted by Crippen LogP contribution is 2.21. The number of piperazine rings is 1. The second kappa shape index (κ2) is 9.74. The molecule has 3 rings (SSSR count). The zero-order valence-corrected chi connectivity index (χ0v) is 18.0. The van der Waals surface area contributed by atoms with E-state index in [9.17, 15) is 17.6 Å². The van der Waals surface area contributed by atoms with Crippen LogP contribution in [0.5, 0.6) is 5.75 Å². The molecule has 7 nitrogen and oxygen atoms in total. The number of rotatable bonds is 7. The first-order valence-electron chi connectivity index (χ1n) is 9.41. The predicted octanol–water partition coefficient (Wildman–Crippen LogP) is 2.82. The molecule has 1 amide bonds. The Bertz CT molecular complexity index is 994. The van der Waals surface area contributed by atoms with Crippen LogP contribution in [-0.4, -0.2) is 63.4 Å². The van der Waals surface area contributed by atoms with Crippen molar-refractivity contribution in [2.24, 2.45) is 0 Å². The van der Waals surface area contributed by atoms with Gasteiger partial charge in [-0.2, -0.15) is 4.31 Å². The fourth-order valence-electron chi connectivity index (χ4n) is 3.15. The molecular formula is C20H23ClFN3O4S. The van der Waals surface area contributed by atoms with Gasteiger partial charge >= 0.3 is 0 Å². The summed E-state index contributed by atoms with van der Waals surface area (Å²) in [4.78, 5) is 14.3. The molecule has 0 aliphatic carbocycles. The summed E-state index contributed by atoms with van der Waals surface area (Å²) in [5.41, 5.74) is 0.0832. The summed E-state index contributed by atoms with van der Waals surface area (Å²) in [6.07, 6.45) is 0.174. The molecule has 0 atom stereocenters. The molecule has 1 fully saturated rings. The fraction of sp³-hybridized carbons (Fsp3) is 0.350. The van der Waals surface area contributed by atoms with Crippen LogP contribution in [0, 0.1) is 5.82 Å². The van der Waals surface area contributed by atoms with Gasteiger partial charge in [0.1, 0.15) is 11.6 Å². The average molecular weight is 456 g/mol. The van der Waals surface area contributed by atoms with Crippen molar-refractivity contribution in [2.75, 3.05) is 45.2 Å². The smallest absolute Gasteiger partial charge is 0.243 e. The molecule has 0 saturated carbocycles. The average Bonchev–Trinajstić information content (AvgIpc) is 2.74. The Balaban J connectivity index is 1.48. The van der Waals surface area contributed by atoms with Crippen LogP contribution in [0.2, 0.25) is 5.02 Å². The van der Waals surface area contributed by atoms with Crippen molar-refractivity contribution in [3.05, 3.63) is 53.3 Å². The fourth-order valence-corrected chi connectivity index (χ4v) is 4.73. The third-order valence-corrected chi connectivity index (χ3v) is 7.04. The number of methoxy groups -OCH3 is 1. The number of benzene rings is 2. The topological polar surface area (TPSA) is 79.0 Å². The number of carbonyl (C=O) groups excluding carboxylic acids is 1. The zero-order valence-electron chi connectivity index (χ0n) is 16.5. The Morgan fingerprint density at radius 3 is 2.40 bits per heavy atom. The van der Waals surface area contributed by atoms with Gasteiger partial charge in [0.15, 0.2) is 0 Å². The summed E-state index contributed by atoms with van der Waals surface area (Å²) in [5, 5.41) is 2.78. The number of anilines is 1. The maximum absolute atomic E-state index is 13.8. The lowest BCUT2D eigenvalue weighted by atomic mass is 10.2. The summed E-state index contributed by atoms with van der Waals surface area (Å²) in [6, 6.07) is 10.3. The van der Waals surface area contributed by atoms with Gasteiger partial charge in [0, 0.05) is 44.2 Å². The van der Waals surface area contributed by atoms with E-state index in [2.05, 4.69) is 5.32 Å². The van der Waals surface area contributed by atoms with E-state index < -0.39 is 15.8 Å². The highest BCUT2D eigenvalue weighted by Gasteiger charge is 2.28. The molecule has 1 aliphatic rings. The van der Waals surface area contributed by atoms with Crippen LogP contribution in [0.3, 0.4) is 0 Å². The Hall–Kier alpha value is -2.20. The van der Waals surface area contributed by atoms with Crippen LogP contribution >= 0.6 is 11.6 Å². The van der Waals surface area contributed by atoms with Crippen molar-refractivity contribution in [2.45, 2.75) is 11.3 Å². The van der Waals surface area contributed by atoms with Gasteiger partial charge in [0.2, 0.25) is 15.9 Å². The largest absolute Gasteiger partial charge is 0.497 e. The molecule has 0 bridgehead atoms. The lowest BCUT2D eigenvalue weighted by Crippen LogP contribution is -2.49. The van der Waals surface area contributed by atoms with Crippen LogP contribution < -0.4 is 10.1 Å². The van der Waals surface area contributed by atoms with Crippen LogP contribution in [0.25, 0.3) is 0 Å². The Morgan fingerprint density at radius 1 is 1.13 bits per heavy atom. The van der Waals surface area contributed by atoms with Crippen LogP contribution in [-0.2, 0) is 14.8 Å². The highest BCUT2D eigenvalue weighted by molar-refractivity contribution is 7.89. The van der Waals surface area contributed by atoms with Gasteiger partial charge in [-0.15, -0.1) is 0 Å². The van der Waals surface area contributed by atoms with E-state index in [1.165, 1.54) is 35.7 Å². The molecule has 162 valence electrons. The number of ether oxygens (including phenoxy) is 1. The number of hydrogen-bond donors (Lipinski definition) is 1. The molecule has 10 heteroatoms. The predicted molar refractivity (Wildman–Crippen MR) is 113 cm³/mol. The first-order valence-corrected chi connectivity index (χ1v) is 11.2. The zero-order chi connectivity index (χ0) is 21.7. The van der Waals surface area contributed by atoms with Gasteiger partial charge < -0.3 is 15.0 Å². The highest BCUT2D eigenvalue weighted by atomic mass is 35.5. The van der Waals surface area contributed by atoms with E-state index in [0.29, 0.717) is 38.5 Å². The van der Waals surface area contributed by atoms with E-state index in [0.717, 1.165) is 6.07 Å². The first kappa shape index (κ1) is 22.5. The second-order valence-electron chi connectivity index (χ2n) is 6.84. The molecule has 1 heterocycles. The number of carbonyl (C=O) groups is 1. The monoisotopic (exact) mass is 455 g/mol. The first-order chi connectivity index (χ1) is 14.3. The molecule has 0 radical (unpaired) electrons. The van der Waals surface area contributed by atoms with E-state index in [1.54, 1.807) is 12.1 Å². The SMILES string of the molecule is COc1ccc(S(=O)(=O)N2CCN(CCC(=O)Nc3ccc(Cl)cc3F)CC2)cc1. The third-order valence-electron chi connectivity index (χ3n) is 4.89. The molecule has 1 N–H and O–H groups in total. The summed E-state index contributed by atoms with van der Waals surface area (Å²) >= 11 is 5.70. The van der Waals surface area contributed by atoms with E-state index in [-0.39, 0.29) is 27.9 Å². The van der Waals surface area contributed by atoms with Gasteiger partial charge in [-0.05, 0) is 42.5 Å². The molecule has 2 aromatic carbocycles. The van der Waals surface area contributed by atoms with Crippen LogP contribution in [0.15, 0.2) is 47.4 Å². The minimum atomic E-state index is -3.57. The maximum atomic E-state index is 13.8. The molecule has 30 heavy (non-hydrogen) atoms. The van der Waals surface area contributed by atoms with Crippen LogP contribution in [0.1, 0.15) is 6.42 Å². The maximum Gasteiger partial charge on any atom is 0.243 e. The Labute approximate surface area is 180 Å². The molecule has 0 spiro atoms. The quantitative estimate of drug-likeness (QED) is 0.694. The summed E-state index contributed by atoms with van der Waals surface area (Å²) in [6.45, 7) is 2.15.